The summed E-state index contributed by atoms with van der Waals surface area (Å²) in [6.45, 7) is 4.14. The van der Waals surface area contributed by atoms with Crippen LogP contribution in [0.1, 0.15) is 23.9 Å². The summed E-state index contributed by atoms with van der Waals surface area (Å²) in [5.74, 6) is 0. The Morgan fingerprint density at radius 3 is 2.94 bits per heavy atom. The van der Waals surface area contributed by atoms with Gasteiger partial charge < -0.3 is 5.73 Å². The number of thiazole rings is 1. The van der Waals surface area contributed by atoms with E-state index in [1.807, 2.05) is 0 Å². The molecule has 0 amide bonds. The smallest absolute Gasteiger partial charge is 0.133 e. The van der Waals surface area contributed by atoms with Gasteiger partial charge in [0, 0.05) is 10.9 Å². The van der Waals surface area contributed by atoms with Crippen LogP contribution in [-0.2, 0) is 6.42 Å². The van der Waals surface area contributed by atoms with Crippen LogP contribution in [-0.4, -0.2) is 11.0 Å². The van der Waals surface area contributed by atoms with Crippen LogP contribution in [0.2, 0.25) is 0 Å². The third-order valence-corrected chi connectivity index (χ3v) is 4.71. The van der Waals surface area contributed by atoms with Crippen LogP contribution in [0.25, 0.3) is 9.88 Å². The highest BCUT2D eigenvalue weighted by atomic mass is 32.1. The fraction of sp³-hybridized carbons (Fsp3) is 0.417. The fourth-order valence-electron chi connectivity index (χ4n) is 1.52. The van der Waals surface area contributed by atoms with Crippen molar-refractivity contribution in [2.24, 2.45) is 5.73 Å². The van der Waals surface area contributed by atoms with Crippen LogP contribution in [0.15, 0.2) is 17.5 Å². The van der Waals surface area contributed by atoms with E-state index in [0.29, 0.717) is 0 Å². The molecule has 0 spiro atoms. The van der Waals surface area contributed by atoms with Gasteiger partial charge in [-0.1, -0.05) is 6.07 Å². The first kappa shape index (κ1) is 11.8. The Morgan fingerprint density at radius 1 is 1.50 bits per heavy atom. The van der Waals surface area contributed by atoms with Crippen LogP contribution >= 0.6 is 22.7 Å². The molecule has 0 radical (unpaired) electrons. The average molecular weight is 252 g/mol. The normalized spacial score (nSPS) is 12.9. The molecule has 2 rings (SSSR count). The van der Waals surface area contributed by atoms with E-state index in [4.69, 9.17) is 5.73 Å². The van der Waals surface area contributed by atoms with E-state index >= 15 is 0 Å². The van der Waals surface area contributed by atoms with E-state index in [2.05, 4.69) is 36.3 Å². The van der Waals surface area contributed by atoms with Gasteiger partial charge >= 0.3 is 0 Å². The summed E-state index contributed by atoms with van der Waals surface area (Å²) in [4.78, 5) is 7.26. The lowest BCUT2D eigenvalue weighted by molar-refractivity contribution is 0.668. The van der Waals surface area contributed by atoms with Crippen molar-refractivity contribution in [1.82, 2.24) is 4.98 Å². The maximum Gasteiger partial charge on any atom is 0.133 e. The van der Waals surface area contributed by atoms with Crippen molar-refractivity contribution in [2.75, 3.05) is 0 Å². The molecule has 0 aliphatic carbocycles. The van der Waals surface area contributed by atoms with Crippen LogP contribution in [0.5, 0.6) is 0 Å². The summed E-state index contributed by atoms with van der Waals surface area (Å²) in [6, 6.07) is 4.46. The Labute approximate surface area is 104 Å². The third-order valence-electron chi connectivity index (χ3n) is 2.45. The van der Waals surface area contributed by atoms with Gasteiger partial charge in [-0.25, -0.2) is 4.98 Å². The van der Waals surface area contributed by atoms with Crippen LogP contribution < -0.4 is 5.73 Å². The Hall–Kier alpha value is -0.710. The van der Waals surface area contributed by atoms with Crippen molar-refractivity contribution in [3.05, 3.63) is 28.1 Å². The number of nitrogens with zero attached hydrogens (tertiary/aromatic N) is 1. The Balaban J connectivity index is 2.16. The number of hydrogen-bond acceptors (Lipinski definition) is 4. The van der Waals surface area contributed by atoms with Crippen LogP contribution in [0, 0.1) is 6.92 Å². The van der Waals surface area contributed by atoms with Crippen LogP contribution in [0.3, 0.4) is 0 Å². The molecule has 2 aromatic rings. The fourth-order valence-corrected chi connectivity index (χ4v) is 3.40. The highest BCUT2D eigenvalue weighted by Crippen LogP contribution is 2.31. The number of thiophene rings is 1. The maximum absolute atomic E-state index is 5.78. The van der Waals surface area contributed by atoms with Gasteiger partial charge in [0.25, 0.3) is 0 Å². The molecule has 0 aliphatic heterocycles. The van der Waals surface area contributed by atoms with Gasteiger partial charge in [-0.3, -0.25) is 0 Å². The Bertz CT molecular complexity index is 444. The van der Waals surface area contributed by atoms with Crippen molar-refractivity contribution in [3.8, 4) is 9.88 Å². The van der Waals surface area contributed by atoms with E-state index in [1.54, 1.807) is 22.7 Å². The number of hydrogen-bond donors (Lipinski definition) is 1. The largest absolute Gasteiger partial charge is 0.328 e. The molecule has 0 saturated carbocycles. The standard InChI is InChI=1S/C12H16N2S2/c1-8(13)5-6-10-9(2)14-12(16-10)11-4-3-7-15-11/h3-4,7-8H,5-6,13H2,1-2H3. The molecule has 0 aliphatic rings. The minimum atomic E-state index is 0.270. The molecule has 4 heteroatoms. The SMILES string of the molecule is Cc1nc(-c2cccs2)sc1CCC(C)N. The summed E-state index contributed by atoms with van der Waals surface area (Å²) in [7, 11) is 0. The second-order valence-corrected chi connectivity index (χ2v) is 6.05. The second kappa shape index (κ2) is 5.08. The van der Waals surface area contributed by atoms with Gasteiger partial charge in [-0.05, 0) is 38.1 Å². The molecule has 0 aromatic carbocycles. The zero-order valence-electron chi connectivity index (χ0n) is 9.56. The van der Waals surface area contributed by atoms with E-state index < -0.39 is 0 Å². The van der Waals surface area contributed by atoms with Crippen molar-refractivity contribution in [2.45, 2.75) is 32.7 Å². The van der Waals surface area contributed by atoms with Crippen molar-refractivity contribution < 1.29 is 0 Å². The highest BCUT2D eigenvalue weighted by molar-refractivity contribution is 7.21. The van der Waals surface area contributed by atoms with Crippen molar-refractivity contribution in [3.63, 3.8) is 0 Å². The van der Waals surface area contributed by atoms with Gasteiger partial charge in [0.15, 0.2) is 0 Å². The van der Waals surface area contributed by atoms with E-state index in [9.17, 15) is 0 Å². The topological polar surface area (TPSA) is 38.9 Å². The monoisotopic (exact) mass is 252 g/mol. The van der Waals surface area contributed by atoms with E-state index in [-0.39, 0.29) is 6.04 Å². The molecule has 2 N–H and O–H groups in total. The molecule has 16 heavy (non-hydrogen) atoms. The number of aryl methyl sites for hydroxylation is 2. The lowest BCUT2D eigenvalue weighted by Crippen LogP contribution is -2.15. The molecule has 0 saturated heterocycles. The number of rotatable bonds is 4. The van der Waals surface area contributed by atoms with Gasteiger partial charge in [-0.2, -0.15) is 0 Å². The van der Waals surface area contributed by atoms with Gasteiger partial charge in [-0.15, -0.1) is 22.7 Å². The highest BCUT2D eigenvalue weighted by Gasteiger charge is 2.10. The summed E-state index contributed by atoms with van der Waals surface area (Å²) < 4.78 is 0. The number of nitrogens with two attached hydrogens (primary N) is 1. The lowest BCUT2D eigenvalue weighted by Gasteiger charge is -2.02. The predicted molar refractivity (Wildman–Crippen MR) is 72.1 cm³/mol. The molecular weight excluding hydrogens is 236 g/mol. The lowest BCUT2D eigenvalue weighted by atomic mass is 10.1. The van der Waals surface area contributed by atoms with Crippen molar-refractivity contribution in [1.29, 1.82) is 0 Å². The quantitative estimate of drug-likeness (QED) is 0.905. The van der Waals surface area contributed by atoms with E-state index in [0.717, 1.165) is 23.5 Å². The molecular formula is C12H16N2S2. The zero-order chi connectivity index (χ0) is 11.5. The molecule has 1 atom stereocenters. The average Bonchev–Trinajstić information content (AvgIpc) is 2.83. The summed E-state index contributed by atoms with van der Waals surface area (Å²) in [6.07, 6.45) is 2.08. The molecule has 1 unspecified atom stereocenters. The van der Waals surface area contributed by atoms with E-state index in [1.165, 1.54) is 9.75 Å². The first-order valence-electron chi connectivity index (χ1n) is 5.42. The molecule has 0 bridgehead atoms. The Kier molecular flexibility index (Phi) is 3.74. The zero-order valence-corrected chi connectivity index (χ0v) is 11.2. The second-order valence-electron chi connectivity index (χ2n) is 4.02. The molecule has 0 fully saturated rings. The molecule has 2 aromatic heterocycles. The van der Waals surface area contributed by atoms with Crippen LogP contribution in [0.4, 0.5) is 0 Å². The minimum absolute atomic E-state index is 0.270. The van der Waals surface area contributed by atoms with Gasteiger partial charge in [0.2, 0.25) is 0 Å². The minimum Gasteiger partial charge on any atom is -0.328 e. The summed E-state index contributed by atoms with van der Waals surface area (Å²) >= 11 is 3.55. The molecule has 2 heterocycles. The maximum atomic E-state index is 5.78. The molecule has 2 nitrogen and oxygen atoms in total. The summed E-state index contributed by atoms with van der Waals surface area (Å²) in [5.41, 5.74) is 6.94. The predicted octanol–water partition coefficient (Wildman–Crippen LogP) is 3.46. The van der Waals surface area contributed by atoms with Gasteiger partial charge in [0.05, 0.1) is 10.6 Å². The number of aromatic nitrogens is 1. The molecule has 86 valence electrons. The first-order valence-corrected chi connectivity index (χ1v) is 7.12. The Morgan fingerprint density at radius 2 is 2.31 bits per heavy atom. The summed E-state index contributed by atoms with van der Waals surface area (Å²) in [5, 5.41) is 3.24. The third kappa shape index (κ3) is 2.70. The van der Waals surface area contributed by atoms with Gasteiger partial charge in [0.1, 0.15) is 5.01 Å². The first-order chi connectivity index (χ1) is 7.66. The van der Waals surface area contributed by atoms with Crippen molar-refractivity contribution >= 4 is 22.7 Å².